The highest BCUT2D eigenvalue weighted by Gasteiger charge is 2.24. The number of carbonyl (C=O) groups excluding carboxylic acids is 2. The Labute approximate surface area is 131 Å². The lowest BCUT2D eigenvalue weighted by atomic mass is 9.97. The first-order valence-corrected chi connectivity index (χ1v) is 8.36. The van der Waals surface area contributed by atoms with Gasteiger partial charge in [0.1, 0.15) is 0 Å². The molecule has 0 spiro atoms. The first-order chi connectivity index (χ1) is 10.7. The molecule has 118 valence electrons. The van der Waals surface area contributed by atoms with Crippen molar-refractivity contribution in [2.24, 2.45) is 0 Å². The summed E-state index contributed by atoms with van der Waals surface area (Å²) in [5.41, 5.74) is 2.74. The molecule has 0 bridgehead atoms. The van der Waals surface area contributed by atoms with Crippen molar-refractivity contribution < 1.29 is 9.59 Å². The number of hydrogen-bond donors (Lipinski definition) is 1. The number of rotatable bonds is 6. The molecule has 3 rings (SSSR count). The third-order valence-electron chi connectivity index (χ3n) is 4.79. The highest BCUT2D eigenvalue weighted by atomic mass is 16.2. The molecule has 2 amide bonds. The van der Waals surface area contributed by atoms with Crippen LogP contribution in [0.3, 0.4) is 0 Å². The van der Waals surface area contributed by atoms with E-state index in [0.717, 1.165) is 38.8 Å². The summed E-state index contributed by atoms with van der Waals surface area (Å²) in [5, 5.41) is 3.00. The summed E-state index contributed by atoms with van der Waals surface area (Å²) in [6, 6.07) is 8.45. The van der Waals surface area contributed by atoms with E-state index in [1.54, 1.807) is 0 Å². The number of fused-ring (bicyclic) bond motifs is 1. The zero-order chi connectivity index (χ0) is 15.4. The average molecular weight is 300 g/mol. The van der Waals surface area contributed by atoms with Crippen molar-refractivity contribution >= 4 is 11.8 Å². The van der Waals surface area contributed by atoms with Gasteiger partial charge in [-0.25, -0.2) is 0 Å². The number of hydrogen-bond acceptors (Lipinski definition) is 2. The minimum Gasteiger partial charge on any atom is -0.356 e. The largest absolute Gasteiger partial charge is 0.356 e. The Morgan fingerprint density at radius 2 is 2.14 bits per heavy atom. The lowest BCUT2D eigenvalue weighted by Crippen LogP contribution is -2.31. The van der Waals surface area contributed by atoms with Crippen LogP contribution >= 0.6 is 0 Å². The van der Waals surface area contributed by atoms with Crippen LogP contribution in [0.1, 0.15) is 49.1 Å². The number of nitrogens with one attached hydrogen (secondary N) is 1. The van der Waals surface area contributed by atoms with E-state index in [4.69, 9.17) is 0 Å². The topological polar surface area (TPSA) is 49.4 Å². The molecule has 1 aromatic rings. The second-order valence-electron chi connectivity index (χ2n) is 6.33. The van der Waals surface area contributed by atoms with E-state index in [0.29, 0.717) is 25.3 Å². The molecule has 4 heteroatoms. The molecule has 0 unspecified atom stereocenters. The summed E-state index contributed by atoms with van der Waals surface area (Å²) < 4.78 is 0. The standard InChI is InChI=1S/C18H24N2O2/c21-17(19-10-4-12-20-11-3-7-18(20)22)13-15-9-8-14-5-1-2-6-16(14)15/h1-2,5-6,15H,3-4,7-13H2,(H,19,21)/t15-/m0/s1. The van der Waals surface area contributed by atoms with E-state index in [1.807, 2.05) is 4.90 Å². The van der Waals surface area contributed by atoms with Crippen molar-refractivity contribution in [1.29, 1.82) is 0 Å². The second-order valence-corrected chi connectivity index (χ2v) is 6.33. The predicted molar refractivity (Wildman–Crippen MR) is 85.6 cm³/mol. The van der Waals surface area contributed by atoms with Gasteiger partial charge in [0.2, 0.25) is 11.8 Å². The first kappa shape index (κ1) is 15.1. The Morgan fingerprint density at radius 1 is 1.27 bits per heavy atom. The smallest absolute Gasteiger partial charge is 0.222 e. The van der Waals surface area contributed by atoms with Gasteiger partial charge in [-0.05, 0) is 42.7 Å². The van der Waals surface area contributed by atoms with E-state index in [-0.39, 0.29) is 11.8 Å². The van der Waals surface area contributed by atoms with Gasteiger partial charge in [-0.15, -0.1) is 0 Å². The first-order valence-electron chi connectivity index (χ1n) is 8.36. The summed E-state index contributed by atoms with van der Waals surface area (Å²) in [6.07, 6.45) is 5.26. The molecule has 1 fully saturated rings. The van der Waals surface area contributed by atoms with E-state index in [2.05, 4.69) is 29.6 Å². The van der Waals surface area contributed by atoms with Gasteiger partial charge in [-0.2, -0.15) is 0 Å². The van der Waals surface area contributed by atoms with Crippen LogP contribution in [0.2, 0.25) is 0 Å². The number of amides is 2. The fraction of sp³-hybridized carbons (Fsp3) is 0.556. The minimum absolute atomic E-state index is 0.134. The number of benzene rings is 1. The van der Waals surface area contributed by atoms with Gasteiger partial charge in [-0.3, -0.25) is 9.59 Å². The van der Waals surface area contributed by atoms with E-state index < -0.39 is 0 Å². The van der Waals surface area contributed by atoms with Crippen LogP contribution in [0.15, 0.2) is 24.3 Å². The third kappa shape index (κ3) is 3.49. The Morgan fingerprint density at radius 3 is 2.95 bits per heavy atom. The molecule has 1 aromatic carbocycles. The summed E-state index contributed by atoms with van der Waals surface area (Å²) >= 11 is 0. The Hall–Kier alpha value is -1.84. The zero-order valence-electron chi connectivity index (χ0n) is 13.0. The SMILES string of the molecule is O=C(C[C@@H]1CCc2ccccc21)NCCCN1CCCC1=O. The van der Waals surface area contributed by atoms with Crippen LogP contribution in [-0.4, -0.2) is 36.3 Å². The summed E-state index contributed by atoms with van der Waals surface area (Å²) in [5.74, 6) is 0.764. The van der Waals surface area contributed by atoms with Gasteiger partial charge >= 0.3 is 0 Å². The van der Waals surface area contributed by atoms with Crippen LogP contribution in [-0.2, 0) is 16.0 Å². The lowest BCUT2D eigenvalue weighted by molar-refractivity contribution is -0.127. The van der Waals surface area contributed by atoms with Gasteiger partial charge in [0.15, 0.2) is 0 Å². The van der Waals surface area contributed by atoms with Crippen molar-refractivity contribution in [1.82, 2.24) is 10.2 Å². The van der Waals surface area contributed by atoms with Crippen molar-refractivity contribution in [2.75, 3.05) is 19.6 Å². The molecule has 1 N–H and O–H groups in total. The number of aryl methyl sites for hydroxylation is 1. The molecule has 0 aromatic heterocycles. The van der Waals surface area contributed by atoms with Crippen molar-refractivity contribution in [3.63, 3.8) is 0 Å². The maximum absolute atomic E-state index is 12.1. The predicted octanol–water partition coefficient (Wildman–Crippen LogP) is 2.24. The average Bonchev–Trinajstić information content (AvgIpc) is 3.11. The van der Waals surface area contributed by atoms with Crippen LogP contribution in [0.5, 0.6) is 0 Å². The van der Waals surface area contributed by atoms with Gasteiger partial charge in [0.25, 0.3) is 0 Å². The lowest BCUT2D eigenvalue weighted by Gasteiger charge is -2.16. The van der Waals surface area contributed by atoms with Crippen LogP contribution in [0.4, 0.5) is 0 Å². The van der Waals surface area contributed by atoms with Gasteiger partial charge in [0.05, 0.1) is 0 Å². The summed E-state index contributed by atoms with van der Waals surface area (Å²) in [4.78, 5) is 25.5. The van der Waals surface area contributed by atoms with Crippen LogP contribution in [0, 0.1) is 0 Å². The summed E-state index contributed by atoms with van der Waals surface area (Å²) in [6.45, 7) is 2.31. The second kappa shape index (κ2) is 6.95. The molecule has 0 radical (unpaired) electrons. The Bertz CT molecular complexity index is 556. The highest BCUT2D eigenvalue weighted by molar-refractivity contribution is 5.78. The molecular weight excluding hydrogens is 276 g/mol. The van der Waals surface area contributed by atoms with Crippen molar-refractivity contribution in [2.45, 2.75) is 44.4 Å². The van der Waals surface area contributed by atoms with E-state index in [1.165, 1.54) is 11.1 Å². The van der Waals surface area contributed by atoms with Gasteiger partial charge < -0.3 is 10.2 Å². The van der Waals surface area contributed by atoms with Crippen LogP contribution < -0.4 is 5.32 Å². The monoisotopic (exact) mass is 300 g/mol. The molecule has 1 heterocycles. The zero-order valence-corrected chi connectivity index (χ0v) is 13.0. The van der Waals surface area contributed by atoms with Gasteiger partial charge in [0, 0.05) is 32.5 Å². The molecular formula is C18H24N2O2. The Balaban J connectivity index is 1.37. The number of carbonyl (C=O) groups is 2. The van der Waals surface area contributed by atoms with E-state index in [9.17, 15) is 9.59 Å². The molecule has 4 nitrogen and oxygen atoms in total. The highest BCUT2D eigenvalue weighted by Crippen LogP contribution is 2.34. The molecule has 1 saturated heterocycles. The number of nitrogens with zero attached hydrogens (tertiary/aromatic N) is 1. The normalized spacial score (nSPS) is 20.3. The number of likely N-dealkylation sites (tertiary alicyclic amines) is 1. The maximum atomic E-state index is 12.1. The summed E-state index contributed by atoms with van der Waals surface area (Å²) in [7, 11) is 0. The van der Waals surface area contributed by atoms with Crippen LogP contribution in [0.25, 0.3) is 0 Å². The molecule has 1 atom stereocenters. The van der Waals surface area contributed by atoms with Gasteiger partial charge in [-0.1, -0.05) is 24.3 Å². The molecule has 0 saturated carbocycles. The third-order valence-corrected chi connectivity index (χ3v) is 4.79. The molecule has 1 aliphatic carbocycles. The van der Waals surface area contributed by atoms with Crippen molar-refractivity contribution in [3.05, 3.63) is 35.4 Å². The fourth-order valence-electron chi connectivity index (χ4n) is 3.59. The quantitative estimate of drug-likeness (QED) is 0.819. The molecule has 22 heavy (non-hydrogen) atoms. The Kier molecular flexibility index (Phi) is 4.76. The van der Waals surface area contributed by atoms with E-state index >= 15 is 0 Å². The van der Waals surface area contributed by atoms with Crippen molar-refractivity contribution in [3.8, 4) is 0 Å². The maximum Gasteiger partial charge on any atom is 0.222 e. The molecule has 1 aliphatic heterocycles. The fourth-order valence-corrected chi connectivity index (χ4v) is 3.59. The minimum atomic E-state index is 0.134. The molecule has 2 aliphatic rings.